The molecule has 1 aliphatic heterocycles. The average Bonchev–Trinajstić information content (AvgIpc) is 2.50. The maximum Gasteiger partial charge on any atom is 0.0178 e. The van der Waals surface area contributed by atoms with Gasteiger partial charge in [-0.2, -0.15) is 0 Å². The Morgan fingerprint density at radius 1 is 1.45 bits per heavy atom. The molecule has 0 radical (unpaired) electrons. The first-order valence-electron chi connectivity index (χ1n) is 3.85. The highest BCUT2D eigenvalue weighted by atomic mass is 32.2. The number of rotatable bonds is 1. The summed E-state index contributed by atoms with van der Waals surface area (Å²) in [6, 6.07) is 6.55. The van der Waals surface area contributed by atoms with E-state index in [9.17, 15) is 0 Å². The van der Waals surface area contributed by atoms with Crippen LogP contribution < -0.4 is 5.73 Å². The minimum atomic E-state index is 0.661. The van der Waals surface area contributed by atoms with Crippen LogP contribution in [0.2, 0.25) is 0 Å². The van der Waals surface area contributed by atoms with Crippen LogP contribution in [0.3, 0.4) is 0 Å². The molecule has 1 aromatic rings. The standard InChI is InChI=1S/C9H11NS/c10-6-7-1-2-8-3-4-11-9(8)5-7/h1-2,5H,3-4,6,10H2. The van der Waals surface area contributed by atoms with Crippen molar-refractivity contribution in [1.29, 1.82) is 0 Å². The lowest BCUT2D eigenvalue weighted by Gasteiger charge is -2.00. The smallest absolute Gasteiger partial charge is 0.0178 e. The van der Waals surface area contributed by atoms with Gasteiger partial charge < -0.3 is 5.73 Å². The first kappa shape index (κ1) is 7.19. The average molecular weight is 165 g/mol. The molecule has 0 fully saturated rings. The first-order valence-corrected chi connectivity index (χ1v) is 4.83. The Morgan fingerprint density at radius 3 is 3.18 bits per heavy atom. The van der Waals surface area contributed by atoms with Crippen molar-refractivity contribution in [2.75, 3.05) is 5.75 Å². The predicted molar refractivity (Wildman–Crippen MR) is 48.8 cm³/mol. The van der Waals surface area contributed by atoms with E-state index in [-0.39, 0.29) is 0 Å². The Morgan fingerprint density at radius 2 is 2.36 bits per heavy atom. The second-order valence-electron chi connectivity index (χ2n) is 2.74. The van der Waals surface area contributed by atoms with E-state index < -0.39 is 0 Å². The molecule has 0 atom stereocenters. The van der Waals surface area contributed by atoms with E-state index >= 15 is 0 Å². The van der Waals surface area contributed by atoms with Crippen LogP contribution in [0.4, 0.5) is 0 Å². The molecule has 0 bridgehead atoms. The molecule has 58 valence electrons. The maximum atomic E-state index is 5.53. The molecule has 1 aliphatic rings. The molecule has 0 unspecified atom stereocenters. The van der Waals surface area contributed by atoms with E-state index in [4.69, 9.17) is 5.73 Å². The van der Waals surface area contributed by atoms with Crippen molar-refractivity contribution >= 4 is 11.8 Å². The Hall–Kier alpha value is -0.470. The summed E-state index contributed by atoms with van der Waals surface area (Å²) >= 11 is 1.94. The first-order chi connectivity index (χ1) is 5.40. The summed E-state index contributed by atoms with van der Waals surface area (Å²) in [4.78, 5) is 1.44. The quantitative estimate of drug-likeness (QED) is 0.686. The molecule has 0 saturated carbocycles. The number of aryl methyl sites for hydroxylation is 1. The predicted octanol–water partition coefficient (Wildman–Crippen LogP) is 1.79. The number of hydrogen-bond donors (Lipinski definition) is 1. The van der Waals surface area contributed by atoms with Gasteiger partial charge in [0.05, 0.1) is 0 Å². The summed E-state index contributed by atoms with van der Waals surface area (Å²) in [6.45, 7) is 0.661. The summed E-state index contributed by atoms with van der Waals surface area (Å²) in [7, 11) is 0. The normalized spacial score (nSPS) is 15.0. The van der Waals surface area contributed by atoms with E-state index in [2.05, 4.69) is 18.2 Å². The fraction of sp³-hybridized carbons (Fsp3) is 0.333. The van der Waals surface area contributed by atoms with Gasteiger partial charge in [0.25, 0.3) is 0 Å². The molecule has 0 saturated heterocycles. The van der Waals surface area contributed by atoms with Crippen LogP contribution in [0.5, 0.6) is 0 Å². The Bertz CT molecular complexity index is 270. The zero-order valence-corrected chi connectivity index (χ0v) is 7.16. The van der Waals surface area contributed by atoms with Gasteiger partial charge >= 0.3 is 0 Å². The molecule has 1 heterocycles. The Kier molecular flexibility index (Phi) is 1.88. The zero-order chi connectivity index (χ0) is 7.68. The van der Waals surface area contributed by atoms with Gasteiger partial charge in [0.15, 0.2) is 0 Å². The fourth-order valence-corrected chi connectivity index (χ4v) is 2.47. The minimum absolute atomic E-state index is 0.661. The van der Waals surface area contributed by atoms with Crippen LogP contribution in [0.15, 0.2) is 23.1 Å². The molecule has 2 heteroatoms. The van der Waals surface area contributed by atoms with Crippen molar-refractivity contribution in [2.45, 2.75) is 17.9 Å². The van der Waals surface area contributed by atoms with Crippen molar-refractivity contribution in [2.24, 2.45) is 5.73 Å². The molecular weight excluding hydrogens is 154 g/mol. The van der Waals surface area contributed by atoms with Crippen LogP contribution in [-0.2, 0) is 13.0 Å². The molecule has 0 aromatic heterocycles. The number of fused-ring (bicyclic) bond motifs is 1. The molecule has 0 aliphatic carbocycles. The van der Waals surface area contributed by atoms with Crippen molar-refractivity contribution in [3.05, 3.63) is 29.3 Å². The number of hydrogen-bond acceptors (Lipinski definition) is 2. The van der Waals surface area contributed by atoms with Gasteiger partial charge in [-0.1, -0.05) is 12.1 Å². The lowest BCUT2D eigenvalue weighted by atomic mass is 10.1. The molecule has 0 amide bonds. The maximum absolute atomic E-state index is 5.53. The molecule has 2 N–H and O–H groups in total. The van der Waals surface area contributed by atoms with Gasteiger partial charge in [-0.25, -0.2) is 0 Å². The van der Waals surface area contributed by atoms with E-state index in [0.717, 1.165) is 0 Å². The van der Waals surface area contributed by atoms with Crippen LogP contribution in [-0.4, -0.2) is 5.75 Å². The molecule has 1 aromatic carbocycles. The molecular formula is C9H11NS. The van der Waals surface area contributed by atoms with Gasteiger partial charge in [0, 0.05) is 17.2 Å². The van der Waals surface area contributed by atoms with Crippen LogP contribution in [0, 0.1) is 0 Å². The number of thioether (sulfide) groups is 1. The highest BCUT2D eigenvalue weighted by Crippen LogP contribution is 2.31. The monoisotopic (exact) mass is 165 g/mol. The van der Waals surface area contributed by atoms with Gasteiger partial charge in [-0.3, -0.25) is 0 Å². The molecule has 1 nitrogen and oxygen atoms in total. The van der Waals surface area contributed by atoms with Crippen molar-refractivity contribution in [1.82, 2.24) is 0 Å². The Balaban J connectivity index is 2.41. The SMILES string of the molecule is NCc1ccc2c(c1)SCC2. The summed E-state index contributed by atoms with van der Waals surface area (Å²) in [5, 5.41) is 0. The highest BCUT2D eigenvalue weighted by molar-refractivity contribution is 7.99. The minimum Gasteiger partial charge on any atom is -0.326 e. The van der Waals surface area contributed by atoms with E-state index in [1.54, 1.807) is 0 Å². The van der Waals surface area contributed by atoms with Crippen molar-refractivity contribution in [3.8, 4) is 0 Å². The van der Waals surface area contributed by atoms with Crippen molar-refractivity contribution in [3.63, 3.8) is 0 Å². The number of nitrogens with two attached hydrogens (primary N) is 1. The topological polar surface area (TPSA) is 26.0 Å². The molecule has 0 spiro atoms. The van der Waals surface area contributed by atoms with Crippen LogP contribution in [0.25, 0.3) is 0 Å². The van der Waals surface area contributed by atoms with Crippen LogP contribution in [0.1, 0.15) is 11.1 Å². The lowest BCUT2D eigenvalue weighted by Crippen LogP contribution is -1.96. The van der Waals surface area contributed by atoms with Gasteiger partial charge in [-0.05, 0) is 23.6 Å². The van der Waals surface area contributed by atoms with E-state index in [1.807, 2.05) is 11.8 Å². The van der Waals surface area contributed by atoms with Gasteiger partial charge in [-0.15, -0.1) is 11.8 Å². The number of benzene rings is 1. The second kappa shape index (κ2) is 2.88. The van der Waals surface area contributed by atoms with Crippen molar-refractivity contribution < 1.29 is 0 Å². The fourth-order valence-electron chi connectivity index (χ4n) is 1.34. The highest BCUT2D eigenvalue weighted by Gasteiger charge is 2.10. The third-order valence-electron chi connectivity index (χ3n) is 2.00. The summed E-state index contributed by atoms with van der Waals surface area (Å²) in [6.07, 6.45) is 1.23. The van der Waals surface area contributed by atoms with E-state index in [1.165, 1.54) is 28.2 Å². The van der Waals surface area contributed by atoms with Crippen LogP contribution >= 0.6 is 11.8 Å². The zero-order valence-electron chi connectivity index (χ0n) is 6.34. The molecule has 11 heavy (non-hydrogen) atoms. The molecule has 2 rings (SSSR count). The third kappa shape index (κ3) is 1.28. The van der Waals surface area contributed by atoms with Gasteiger partial charge in [0.1, 0.15) is 0 Å². The summed E-state index contributed by atoms with van der Waals surface area (Å²) in [5.41, 5.74) is 8.28. The Labute approximate surface area is 71.0 Å². The van der Waals surface area contributed by atoms with Gasteiger partial charge in [0.2, 0.25) is 0 Å². The lowest BCUT2D eigenvalue weighted by molar-refractivity contribution is 1.04. The second-order valence-corrected chi connectivity index (χ2v) is 3.88. The van der Waals surface area contributed by atoms with E-state index in [0.29, 0.717) is 6.54 Å². The summed E-state index contributed by atoms with van der Waals surface area (Å²) in [5.74, 6) is 1.24. The largest absolute Gasteiger partial charge is 0.326 e. The third-order valence-corrected chi connectivity index (χ3v) is 3.10. The summed E-state index contributed by atoms with van der Waals surface area (Å²) < 4.78 is 0.